The van der Waals surface area contributed by atoms with Gasteiger partial charge in [0.2, 0.25) is 0 Å². The molecule has 0 radical (unpaired) electrons. The van der Waals surface area contributed by atoms with Crippen LogP contribution in [0.4, 0.5) is 0 Å². The van der Waals surface area contributed by atoms with Crippen LogP contribution < -0.4 is 0 Å². The average molecular weight is 177 g/mol. The molecule has 60 valence electrons. The standard InChI is InChI=1S/C8H7N3S/c1-12-8-10-5-6-3-2-4-9-7(6)11-8/h2-5H,1H3. The predicted molar refractivity (Wildman–Crippen MR) is 49.1 cm³/mol. The molecule has 0 aromatic carbocycles. The molecule has 0 aliphatic heterocycles. The Morgan fingerprint density at radius 2 is 2.25 bits per heavy atom. The summed E-state index contributed by atoms with van der Waals surface area (Å²) >= 11 is 1.52. The van der Waals surface area contributed by atoms with Gasteiger partial charge in [-0.1, -0.05) is 11.8 Å². The van der Waals surface area contributed by atoms with Gasteiger partial charge in [-0.05, 0) is 18.4 Å². The van der Waals surface area contributed by atoms with Gasteiger partial charge in [-0.2, -0.15) is 0 Å². The fourth-order valence-electron chi connectivity index (χ4n) is 0.946. The number of nitrogens with zero attached hydrogens (tertiary/aromatic N) is 3. The maximum Gasteiger partial charge on any atom is 0.189 e. The van der Waals surface area contributed by atoms with Crippen molar-refractivity contribution in [2.24, 2.45) is 0 Å². The molecule has 0 spiro atoms. The van der Waals surface area contributed by atoms with E-state index < -0.39 is 0 Å². The molecule has 0 unspecified atom stereocenters. The van der Waals surface area contributed by atoms with Gasteiger partial charge in [0.1, 0.15) is 0 Å². The van der Waals surface area contributed by atoms with Crippen LogP contribution in [0.2, 0.25) is 0 Å². The molecule has 3 nitrogen and oxygen atoms in total. The molecule has 0 saturated heterocycles. The second kappa shape index (κ2) is 3.06. The van der Waals surface area contributed by atoms with Crippen molar-refractivity contribution in [1.29, 1.82) is 0 Å². The Morgan fingerprint density at radius 3 is 3.08 bits per heavy atom. The Balaban J connectivity index is 2.67. The molecule has 0 bridgehead atoms. The normalized spacial score (nSPS) is 10.4. The van der Waals surface area contributed by atoms with Gasteiger partial charge in [-0.25, -0.2) is 15.0 Å². The summed E-state index contributed by atoms with van der Waals surface area (Å²) in [5.41, 5.74) is 0.761. The third kappa shape index (κ3) is 1.25. The third-order valence-corrected chi connectivity index (χ3v) is 2.08. The second-order valence-electron chi connectivity index (χ2n) is 2.27. The lowest BCUT2D eigenvalue weighted by Gasteiger charge is -1.96. The molecule has 2 heterocycles. The zero-order valence-electron chi connectivity index (χ0n) is 6.56. The minimum Gasteiger partial charge on any atom is -0.237 e. The number of rotatable bonds is 1. The van der Waals surface area contributed by atoms with Crippen molar-refractivity contribution < 1.29 is 0 Å². The average Bonchev–Trinajstić information content (AvgIpc) is 2.17. The van der Waals surface area contributed by atoms with Gasteiger partial charge in [0.25, 0.3) is 0 Å². The van der Waals surface area contributed by atoms with Crippen LogP contribution in [0.25, 0.3) is 11.0 Å². The highest BCUT2D eigenvalue weighted by molar-refractivity contribution is 7.98. The Kier molecular flexibility index (Phi) is 1.91. The number of fused-ring (bicyclic) bond motifs is 1. The van der Waals surface area contributed by atoms with Crippen LogP contribution >= 0.6 is 11.8 Å². The summed E-state index contributed by atoms with van der Waals surface area (Å²) in [7, 11) is 0. The molecule has 2 aromatic heterocycles. The lowest BCUT2D eigenvalue weighted by atomic mass is 10.3. The molecule has 0 N–H and O–H groups in total. The number of thioether (sulfide) groups is 1. The van der Waals surface area contributed by atoms with E-state index in [0.717, 1.165) is 16.2 Å². The van der Waals surface area contributed by atoms with E-state index in [-0.39, 0.29) is 0 Å². The van der Waals surface area contributed by atoms with Crippen molar-refractivity contribution in [3.05, 3.63) is 24.5 Å². The summed E-state index contributed by atoms with van der Waals surface area (Å²) in [6, 6.07) is 3.83. The van der Waals surface area contributed by atoms with E-state index in [1.54, 1.807) is 12.4 Å². The Morgan fingerprint density at radius 1 is 1.33 bits per heavy atom. The number of pyridine rings is 1. The lowest BCUT2D eigenvalue weighted by molar-refractivity contribution is 0.992. The van der Waals surface area contributed by atoms with Crippen molar-refractivity contribution in [2.45, 2.75) is 5.16 Å². The molecular formula is C8H7N3S. The molecule has 0 fully saturated rings. The largest absolute Gasteiger partial charge is 0.237 e. The maximum absolute atomic E-state index is 4.23. The minimum absolute atomic E-state index is 0.761. The predicted octanol–water partition coefficient (Wildman–Crippen LogP) is 1.75. The van der Waals surface area contributed by atoms with Crippen LogP contribution in [-0.2, 0) is 0 Å². The summed E-state index contributed by atoms with van der Waals surface area (Å²) in [5.74, 6) is 0. The first-order valence-corrected chi connectivity index (χ1v) is 4.74. The molecule has 4 heteroatoms. The molecule has 2 aromatic rings. The van der Waals surface area contributed by atoms with Gasteiger partial charge in [0.05, 0.1) is 0 Å². The Labute approximate surface area is 74.3 Å². The Bertz CT molecular complexity index is 402. The van der Waals surface area contributed by atoms with Crippen LogP contribution in [0.15, 0.2) is 29.7 Å². The first kappa shape index (κ1) is 7.49. The summed E-state index contributed by atoms with van der Waals surface area (Å²) < 4.78 is 0. The first-order valence-electron chi connectivity index (χ1n) is 3.52. The summed E-state index contributed by atoms with van der Waals surface area (Å²) in [4.78, 5) is 12.5. The Hall–Kier alpha value is -1.16. The fraction of sp³-hybridized carbons (Fsp3) is 0.125. The second-order valence-corrected chi connectivity index (χ2v) is 3.05. The molecule has 0 aliphatic carbocycles. The quantitative estimate of drug-likeness (QED) is 0.491. The van der Waals surface area contributed by atoms with Crippen LogP contribution in [-0.4, -0.2) is 21.2 Å². The molecular weight excluding hydrogens is 170 g/mol. The van der Waals surface area contributed by atoms with Crippen LogP contribution in [0.1, 0.15) is 0 Å². The van der Waals surface area contributed by atoms with Crippen LogP contribution in [0.3, 0.4) is 0 Å². The monoisotopic (exact) mass is 177 g/mol. The van der Waals surface area contributed by atoms with Gasteiger partial charge in [-0.15, -0.1) is 0 Å². The van der Waals surface area contributed by atoms with Gasteiger partial charge < -0.3 is 0 Å². The van der Waals surface area contributed by atoms with Gasteiger partial charge in [-0.3, -0.25) is 0 Å². The summed E-state index contributed by atoms with van der Waals surface area (Å²) in [6.07, 6.45) is 5.48. The van der Waals surface area contributed by atoms with Crippen molar-refractivity contribution in [3.8, 4) is 0 Å². The van der Waals surface area contributed by atoms with E-state index >= 15 is 0 Å². The van der Waals surface area contributed by atoms with Gasteiger partial charge in [0.15, 0.2) is 10.8 Å². The van der Waals surface area contributed by atoms with E-state index in [2.05, 4.69) is 15.0 Å². The maximum atomic E-state index is 4.23. The lowest BCUT2D eigenvalue weighted by Crippen LogP contribution is -1.88. The van der Waals surface area contributed by atoms with Crippen molar-refractivity contribution in [1.82, 2.24) is 15.0 Å². The molecule has 2 rings (SSSR count). The van der Waals surface area contributed by atoms with E-state index in [1.165, 1.54) is 11.8 Å². The van der Waals surface area contributed by atoms with Crippen LogP contribution in [0.5, 0.6) is 0 Å². The minimum atomic E-state index is 0.761. The molecule has 0 aliphatic rings. The summed E-state index contributed by atoms with van der Waals surface area (Å²) in [6.45, 7) is 0. The highest BCUT2D eigenvalue weighted by atomic mass is 32.2. The van der Waals surface area contributed by atoms with Crippen LogP contribution in [0, 0.1) is 0 Å². The van der Waals surface area contributed by atoms with Crippen molar-refractivity contribution >= 4 is 22.8 Å². The topological polar surface area (TPSA) is 38.7 Å². The zero-order valence-corrected chi connectivity index (χ0v) is 7.38. The summed E-state index contributed by atoms with van der Waals surface area (Å²) in [5, 5.41) is 1.75. The first-order chi connectivity index (χ1) is 5.90. The van der Waals surface area contributed by atoms with Gasteiger partial charge >= 0.3 is 0 Å². The van der Waals surface area contributed by atoms with E-state index in [4.69, 9.17) is 0 Å². The molecule has 0 amide bonds. The highest BCUT2D eigenvalue weighted by Gasteiger charge is 1.97. The van der Waals surface area contributed by atoms with E-state index in [0.29, 0.717) is 0 Å². The van der Waals surface area contributed by atoms with Gasteiger partial charge in [0, 0.05) is 17.8 Å². The molecule has 0 saturated carbocycles. The third-order valence-electron chi connectivity index (χ3n) is 1.52. The van der Waals surface area contributed by atoms with E-state index in [1.807, 2.05) is 18.4 Å². The SMILES string of the molecule is CSc1ncc2cccnc2n1. The molecule has 0 atom stereocenters. The molecule has 12 heavy (non-hydrogen) atoms. The van der Waals surface area contributed by atoms with E-state index in [9.17, 15) is 0 Å². The fourth-order valence-corrected chi connectivity index (χ4v) is 1.28. The van der Waals surface area contributed by atoms with Crippen molar-refractivity contribution in [2.75, 3.05) is 6.26 Å². The zero-order chi connectivity index (χ0) is 8.39. The number of hydrogen-bond donors (Lipinski definition) is 0. The van der Waals surface area contributed by atoms with Crippen molar-refractivity contribution in [3.63, 3.8) is 0 Å². The highest BCUT2D eigenvalue weighted by Crippen LogP contribution is 2.12. The number of aromatic nitrogens is 3. The number of hydrogen-bond acceptors (Lipinski definition) is 4. The smallest absolute Gasteiger partial charge is 0.189 e.